The van der Waals surface area contributed by atoms with Crippen molar-refractivity contribution in [1.29, 1.82) is 0 Å². The van der Waals surface area contributed by atoms with Crippen LogP contribution in [0.3, 0.4) is 0 Å². The Kier molecular flexibility index (Phi) is 5.49. The van der Waals surface area contributed by atoms with Gasteiger partial charge in [-0.1, -0.05) is 26.8 Å². The van der Waals surface area contributed by atoms with Crippen LogP contribution in [0.1, 0.15) is 31.1 Å². The van der Waals surface area contributed by atoms with Gasteiger partial charge in [-0.2, -0.15) is 0 Å². The molecular formula is C13H21ClN2O. The molecule has 96 valence electrons. The summed E-state index contributed by atoms with van der Waals surface area (Å²) in [6.45, 7) is 7.04. The van der Waals surface area contributed by atoms with E-state index in [1.165, 1.54) is 0 Å². The number of benzene rings is 1. The first-order valence-electron chi connectivity index (χ1n) is 5.40. The topological polar surface area (TPSA) is 46.3 Å². The van der Waals surface area contributed by atoms with E-state index < -0.39 is 0 Å². The molecule has 17 heavy (non-hydrogen) atoms. The molecule has 1 aromatic carbocycles. The van der Waals surface area contributed by atoms with Crippen LogP contribution in [-0.4, -0.2) is 24.4 Å². The van der Waals surface area contributed by atoms with Crippen LogP contribution in [0.5, 0.6) is 0 Å². The van der Waals surface area contributed by atoms with Crippen LogP contribution < -0.4 is 5.73 Å². The van der Waals surface area contributed by atoms with Crippen molar-refractivity contribution < 1.29 is 4.79 Å². The average Bonchev–Trinajstić information content (AvgIpc) is 2.14. The maximum absolute atomic E-state index is 12.0. The van der Waals surface area contributed by atoms with E-state index in [0.717, 1.165) is 6.54 Å². The molecule has 0 bridgehead atoms. The van der Waals surface area contributed by atoms with Gasteiger partial charge in [0.05, 0.1) is 0 Å². The van der Waals surface area contributed by atoms with Crippen molar-refractivity contribution in [2.45, 2.75) is 20.8 Å². The standard InChI is InChI=1S/C13H20N2O.ClH/c1-13(2,3)9-15(4)12(16)10-6-5-7-11(14)8-10;/h5-8H,9,14H2,1-4H3;1H. The summed E-state index contributed by atoms with van der Waals surface area (Å²) >= 11 is 0. The lowest BCUT2D eigenvalue weighted by Crippen LogP contribution is -2.34. The second-order valence-electron chi connectivity index (χ2n) is 5.35. The fraction of sp³-hybridized carbons (Fsp3) is 0.462. The number of nitrogen functional groups attached to an aromatic ring is 1. The van der Waals surface area contributed by atoms with Crippen molar-refractivity contribution in [2.24, 2.45) is 5.41 Å². The van der Waals surface area contributed by atoms with Gasteiger partial charge in [-0.25, -0.2) is 0 Å². The first kappa shape index (κ1) is 15.8. The summed E-state index contributed by atoms with van der Waals surface area (Å²) < 4.78 is 0. The molecule has 1 amide bonds. The van der Waals surface area contributed by atoms with Crippen LogP contribution in [0.25, 0.3) is 0 Å². The molecule has 4 heteroatoms. The second-order valence-corrected chi connectivity index (χ2v) is 5.35. The quantitative estimate of drug-likeness (QED) is 0.827. The summed E-state index contributed by atoms with van der Waals surface area (Å²) in [6, 6.07) is 7.08. The zero-order valence-electron chi connectivity index (χ0n) is 10.9. The number of nitrogens with zero attached hydrogens (tertiary/aromatic N) is 1. The fourth-order valence-corrected chi connectivity index (χ4v) is 1.68. The van der Waals surface area contributed by atoms with Gasteiger partial charge < -0.3 is 10.6 Å². The minimum absolute atomic E-state index is 0. The van der Waals surface area contributed by atoms with Gasteiger partial charge in [0.2, 0.25) is 0 Å². The summed E-state index contributed by atoms with van der Waals surface area (Å²) in [5, 5.41) is 0. The number of nitrogens with two attached hydrogens (primary N) is 1. The highest BCUT2D eigenvalue weighted by Gasteiger charge is 2.18. The molecule has 0 radical (unpaired) electrons. The predicted octanol–water partition coefficient (Wildman–Crippen LogP) is 2.81. The molecule has 0 atom stereocenters. The predicted molar refractivity (Wildman–Crippen MR) is 74.5 cm³/mol. The zero-order valence-corrected chi connectivity index (χ0v) is 11.7. The number of amides is 1. The summed E-state index contributed by atoms with van der Waals surface area (Å²) in [5.41, 5.74) is 7.02. The van der Waals surface area contributed by atoms with E-state index in [4.69, 9.17) is 5.73 Å². The number of anilines is 1. The highest BCUT2D eigenvalue weighted by molar-refractivity contribution is 5.94. The number of carbonyl (C=O) groups excluding carboxylic acids is 1. The third-order valence-corrected chi connectivity index (χ3v) is 2.19. The van der Waals surface area contributed by atoms with Crippen molar-refractivity contribution >= 4 is 24.0 Å². The number of carbonyl (C=O) groups is 1. The Morgan fingerprint density at radius 3 is 2.41 bits per heavy atom. The first-order valence-corrected chi connectivity index (χ1v) is 5.40. The van der Waals surface area contributed by atoms with Gasteiger partial charge in [0.1, 0.15) is 0 Å². The fourth-order valence-electron chi connectivity index (χ4n) is 1.68. The molecule has 0 aliphatic heterocycles. The Bertz CT molecular complexity index is 385. The van der Waals surface area contributed by atoms with E-state index in [9.17, 15) is 4.79 Å². The van der Waals surface area contributed by atoms with Crippen LogP contribution in [-0.2, 0) is 0 Å². The van der Waals surface area contributed by atoms with Crippen LogP contribution in [0.2, 0.25) is 0 Å². The smallest absolute Gasteiger partial charge is 0.253 e. The molecule has 2 N–H and O–H groups in total. The monoisotopic (exact) mass is 256 g/mol. The van der Waals surface area contributed by atoms with E-state index in [1.54, 1.807) is 29.2 Å². The van der Waals surface area contributed by atoms with Crippen molar-refractivity contribution in [2.75, 3.05) is 19.3 Å². The van der Waals surface area contributed by atoms with Crippen LogP contribution >= 0.6 is 12.4 Å². The molecule has 1 aromatic rings. The molecule has 0 fully saturated rings. The third-order valence-electron chi connectivity index (χ3n) is 2.19. The molecule has 0 unspecified atom stereocenters. The van der Waals surface area contributed by atoms with Crippen molar-refractivity contribution in [1.82, 2.24) is 4.90 Å². The summed E-state index contributed by atoms with van der Waals surface area (Å²) in [7, 11) is 1.82. The van der Waals surface area contributed by atoms with E-state index in [-0.39, 0.29) is 23.7 Å². The van der Waals surface area contributed by atoms with Crippen molar-refractivity contribution in [3.8, 4) is 0 Å². The Hall–Kier alpha value is -1.22. The highest BCUT2D eigenvalue weighted by Crippen LogP contribution is 2.16. The molecule has 3 nitrogen and oxygen atoms in total. The van der Waals surface area contributed by atoms with Crippen LogP contribution in [0.15, 0.2) is 24.3 Å². The first-order chi connectivity index (χ1) is 7.29. The van der Waals surface area contributed by atoms with Crippen LogP contribution in [0, 0.1) is 5.41 Å². The largest absolute Gasteiger partial charge is 0.399 e. The minimum Gasteiger partial charge on any atom is -0.399 e. The lowest BCUT2D eigenvalue weighted by molar-refractivity contribution is 0.0745. The number of hydrogen-bond acceptors (Lipinski definition) is 2. The summed E-state index contributed by atoms with van der Waals surface area (Å²) in [5.74, 6) is 0.0159. The van der Waals surface area contributed by atoms with Gasteiger partial charge in [-0.15, -0.1) is 12.4 Å². The van der Waals surface area contributed by atoms with E-state index >= 15 is 0 Å². The van der Waals surface area contributed by atoms with Gasteiger partial charge in [0.15, 0.2) is 0 Å². The zero-order chi connectivity index (χ0) is 12.3. The van der Waals surface area contributed by atoms with Crippen molar-refractivity contribution in [3.05, 3.63) is 29.8 Å². The molecule has 0 aliphatic rings. The maximum atomic E-state index is 12.0. The average molecular weight is 257 g/mol. The van der Waals surface area contributed by atoms with E-state index in [0.29, 0.717) is 11.3 Å². The normalized spacial score (nSPS) is 10.6. The number of halogens is 1. The minimum atomic E-state index is 0. The van der Waals surface area contributed by atoms with Crippen molar-refractivity contribution in [3.63, 3.8) is 0 Å². The molecule has 0 spiro atoms. The Morgan fingerprint density at radius 1 is 1.35 bits per heavy atom. The maximum Gasteiger partial charge on any atom is 0.253 e. The lowest BCUT2D eigenvalue weighted by Gasteiger charge is -2.26. The summed E-state index contributed by atoms with van der Waals surface area (Å²) in [4.78, 5) is 13.8. The van der Waals surface area contributed by atoms with Gasteiger partial charge in [-0.05, 0) is 23.6 Å². The molecule has 0 heterocycles. The SMILES string of the molecule is CN(CC(C)(C)C)C(=O)c1cccc(N)c1.Cl. The lowest BCUT2D eigenvalue weighted by atomic mass is 9.96. The highest BCUT2D eigenvalue weighted by atomic mass is 35.5. The third kappa shape index (κ3) is 5.09. The Balaban J connectivity index is 0.00000256. The molecule has 0 aliphatic carbocycles. The second kappa shape index (κ2) is 5.92. The Morgan fingerprint density at radius 2 is 1.94 bits per heavy atom. The van der Waals surface area contributed by atoms with Crippen LogP contribution in [0.4, 0.5) is 5.69 Å². The van der Waals surface area contributed by atoms with Gasteiger partial charge in [-0.3, -0.25) is 4.79 Å². The number of hydrogen-bond donors (Lipinski definition) is 1. The molecule has 0 saturated heterocycles. The van der Waals surface area contributed by atoms with Gasteiger partial charge >= 0.3 is 0 Å². The molecular weight excluding hydrogens is 236 g/mol. The summed E-state index contributed by atoms with van der Waals surface area (Å²) in [6.07, 6.45) is 0. The molecule has 0 saturated carbocycles. The van der Waals surface area contributed by atoms with E-state index in [1.807, 2.05) is 7.05 Å². The Labute approximate surface area is 109 Å². The number of rotatable bonds is 2. The molecule has 0 aromatic heterocycles. The van der Waals surface area contributed by atoms with Gasteiger partial charge in [0.25, 0.3) is 5.91 Å². The molecule has 1 rings (SSSR count). The van der Waals surface area contributed by atoms with E-state index in [2.05, 4.69) is 20.8 Å². The van der Waals surface area contributed by atoms with Gasteiger partial charge in [0, 0.05) is 24.8 Å².